The fourth-order valence-corrected chi connectivity index (χ4v) is 2.71. The van der Waals surface area contributed by atoms with E-state index in [1.54, 1.807) is 24.3 Å². The lowest BCUT2D eigenvalue weighted by molar-refractivity contribution is 0.0946. The highest BCUT2D eigenvalue weighted by molar-refractivity contribution is 5.94. The number of hydrogen-bond acceptors (Lipinski definition) is 5. The number of nitrogens with one attached hydrogen (secondary N) is 1. The zero-order valence-electron chi connectivity index (χ0n) is 15.0. The third-order valence-electron chi connectivity index (χ3n) is 4.05. The summed E-state index contributed by atoms with van der Waals surface area (Å²) in [6.07, 6.45) is 0. The third-order valence-corrected chi connectivity index (χ3v) is 4.05. The normalized spacial score (nSPS) is 10.8. The van der Waals surface area contributed by atoms with E-state index < -0.39 is 11.7 Å². The van der Waals surface area contributed by atoms with Gasteiger partial charge in [-0.3, -0.25) is 4.79 Å². The van der Waals surface area contributed by atoms with Crippen molar-refractivity contribution in [2.75, 3.05) is 13.2 Å². The Kier molecular flexibility index (Phi) is 5.10. The maximum Gasteiger partial charge on any atom is 0.251 e. The molecule has 2 heterocycles. The largest absolute Gasteiger partial charge is 0.475 e. The number of fused-ring (bicyclic) bond motifs is 1. The van der Waals surface area contributed by atoms with Crippen molar-refractivity contribution in [2.24, 2.45) is 0 Å². The summed E-state index contributed by atoms with van der Waals surface area (Å²) in [6, 6.07) is 14.7. The molecule has 2 aromatic heterocycles. The van der Waals surface area contributed by atoms with Crippen LogP contribution < -0.4 is 10.1 Å². The SMILES string of the molecule is O=C(NCCOc1ccc2nnc(-c3cccc(F)c3)n2n1)c1cccc(F)c1. The summed E-state index contributed by atoms with van der Waals surface area (Å²) < 4.78 is 33.7. The smallest absolute Gasteiger partial charge is 0.251 e. The van der Waals surface area contributed by atoms with E-state index in [4.69, 9.17) is 4.74 Å². The van der Waals surface area contributed by atoms with Gasteiger partial charge in [-0.05, 0) is 36.4 Å². The zero-order valence-corrected chi connectivity index (χ0v) is 15.0. The van der Waals surface area contributed by atoms with Gasteiger partial charge in [0.1, 0.15) is 18.2 Å². The lowest BCUT2D eigenvalue weighted by atomic mass is 10.2. The van der Waals surface area contributed by atoms with Crippen molar-refractivity contribution in [2.45, 2.75) is 0 Å². The van der Waals surface area contributed by atoms with Crippen molar-refractivity contribution in [1.29, 1.82) is 0 Å². The number of aromatic nitrogens is 4. The van der Waals surface area contributed by atoms with E-state index in [9.17, 15) is 13.6 Å². The third kappa shape index (κ3) is 4.18. The molecule has 0 fully saturated rings. The topological polar surface area (TPSA) is 81.4 Å². The van der Waals surface area contributed by atoms with Crippen LogP contribution in [-0.4, -0.2) is 38.9 Å². The van der Waals surface area contributed by atoms with Gasteiger partial charge in [0.05, 0.1) is 6.54 Å². The van der Waals surface area contributed by atoms with Crippen LogP contribution in [0.4, 0.5) is 8.78 Å². The number of hydrogen-bond donors (Lipinski definition) is 1. The number of carbonyl (C=O) groups is 1. The number of ether oxygens (including phenoxy) is 1. The molecule has 0 radical (unpaired) electrons. The van der Waals surface area contributed by atoms with Crippen LogP contribution in [0, 0.1) is 11.6 Å². The first-order chi connectivity index (χ1) is 14.1. The van der Waals surface area contributed by atoms with Crippen LogP contribution in [0.1, 0.15) is 10.4 Å². The molecule has 7 nitrogen and oxygen atoms in total. The van der Waals surface area contributed by atoms with Crippen LogP contribution >= 0.6 is 0 Å². The van der Waals surface area contributed by atoms with Gasteiger partial charge in [-0.1, -0.05) is 18.2 Å². The fourth-order valence-electron chi connectivity index (χ4n) is 2.71. The molecule has 0 aliphatic heterocycles. The summed E-state index contributed by atoms with van der Waals surface area (Å²) in [5.41, 5.74) is 1.24. The Morgan fingerprint density at radius 1 is 1.00 bits per heavy atom. The van der Waals surface area contributed by atoms with Crippen LogP contribution in [-0.2, 0) is 0 Å². The van der Waals surface area contributed by atoms with Gasteiger partial charge in [-0.25, -0.2) is 8.78 Å². The molecule has 0 bridgehead atoms. The molecule has 4 rings (SSSR count). The molecule has 0 saturated heterocycles. The number of carbonyl (C=O) groups excluding carboxylic acids is 1. The van der Waals surface area contributed by atoms with Crippen molar-refractivity contribution >= 4 is 11.6 Å². The Bertz CT molecular complexity index is 1180. The number of benzene rings is 2. The molecule has 0 aliphatic carbocycles. The molecule has 9 heteroatoms. The Morgan fingerprint density at radius 2 is 1.79 bits per heavy atom. The van der Waals surface area contributed by atoms with E-state index in [1.807, 2.05) is 0 Å². The molecular formula is C20H15F2N5O2. The summed E-state index contributed by atoms with van der Waals surface area (Å²) in [6.45, 7) is 0.352. The van der Waals surface area contributed by atoms with Gasteiger partial charge in [0.25, 0.3) is 5.91 Å². The van der Waals surface area contributed by atoms with Gasteiger partial charge in [0, 0.05) is 17.2 Å². The highest BCUT2D eigenvalue weighted by Gasteiger charge is 2.11. The summed E-state index contributed by atoms with van der Waals surface area (Å²) in [7, 11) is 0. The van der Waals surface area contributed by atoms with Crippen LogP contribution in [0.25, 0.3) is 17.0 Å². The molecule has 0 aliphatic rings. The van der Waals surface area contributed by atoms with Crippen molar-refractivity contribution in [1.82, 2.24) is 25.1 Å². The lowest BCUT2D eigenvalue weighted by Crippen LogP contribution is -2.28. The zero-order chi connectivity index (χ0) is 20.2. The van der Waals surface area contributed by atoms with Crippen molar-refractivity contribution < 1.29 is 18.3 Å². The number of rotatable bonds is 6. The Hall–Kier alpha value is -3.88. The van der Waals surface area contributed by atoms with E-state index >= 15 is 0 Å². The van der Waals surface area contributed by atoms with E-state index in [2.05, 4.69) is 20.6 Å². The molecule has 0 spiro atoms. The first-order valence-electron chi connectivity index (χ1n) is 8.75. The second kappa shape index (κ2) is 8.01. The van der Waals surface area contributed by atoms with Gasteiger partial charge >= 0.3 is 0 Å². The molecule has 0 unspecified atom stereocenters. The highest BCUT2D eigenvalue weighted by atomic mass is 19.1. The molecule has 0 atom stereocenters. The predicted octanol–water partition coefficient (Wildman–Crippen LogP) is 2.88. The molecule has 2 aromatic carbocycles. The van der Waals surface area contributed by atoms with Crippen LogP contribution in [0.3, 0.4) is 0 Å². The van der Waals surface area contributed by atoms with Gasteiger partial charge in [0.15, 0.2) is 11.5 Å². The van der Waals surface area contributed by atoms with Crippen molar-refractivity contribution in [3.8, 4) is 17.3 Å². The van der Waals surface area contributed by atoms with Gasteiger partial charge in [-0.2, -0.15) is 4.52 Å². The molecule has 1 amide bonds. The highest BCUT2D eigenvalue weighted by Crippen LogP contribution is 2.19. The van der Waals surface area contributed by atoms with Crippen LogP contribution in [0.15, 0.2) is 60.7 Å². The first kappa shape index (κ1) is 18.5. The minimum absolute atomic E-state index is 0.150. The number of amides is 1. The monoisotopic (exact) mass is 395 g/mol. The average molecular weight is 395 g/mol. The summed E-state index contributed by atoms with van der Waals surface area (Å²) >= 11 is 0. The lowest BCUT2D eigenvalue weighted by Gasteiger charge is -2.08. The summed E-state index contributed by atoms with van der Waals surface area (Å²) in [5, 5.41) is 15.0. The van der Waals surface area contributed by atoms with E-state index in [-0.39, 0.29) is 30.4 Å². The molecule has 29 heavy (non-hydrogen) atoms. The van der Waals surface area contributed by atoms with E-state index in [0.717, 1.165) is 6.07 Å². The number of nitrogens with zero attached hydrogens (tertiary/aromatic N) is 4. The predicted molar refractivity (Wildman–Crippen MR) is 100 cm³/mol. The van der Waals surface area contributed by atoms with Gasteiger partial charge in [0.2, 0.25) is 5.88 Å². The molecule has 146 valence electrons. The molecular weight excluding hydrogens is 380 g/mol. The Labute approximate surface area is 164 Å². The second-order valence-electron chi connectivity index (χ2n) is 6.09. The van der Waals surface area contributed by atoms with Gasteiger partial charge in [-0.15, -0.1) is 15.3 Å². The summed E-state index contributed by atoms with van der Waals surface area (Å²) in [4.78, 5) is 12.0. The molecule has 0 saturated carbocycles. The van der Waals surface area contributed by atoms with Crippen LogP contribution in [0.5, 0.6) is 5.88 Å². The second-order valence-corrected chi connectivity index (χ2v) is 6.09. The Morgan fingerprint density at radius 3 is 2.59 bits per heavy atom. The summed E-state index contributed by atoms with van der Waals surface area (Å²) in [5.74, 6) is -0.599. The first-order valence-corrected chi connectivity index (χ1v) is 8.75. The van der Waals surface area contributed by atoms with Crippen molar-refractivity contribution in [3.63, 3.8) is 0 Å². The minimum Gasteiger partial charge on any atom is -0.475 e. The quantitative estimate of drug-likeness (QED) is 0.508. The Balaban J connectivity index is 1.41. The number of halogens is 2. The van der Waals surface area contributed by atoms with Crippen LogP contribution in [0.2, 0.25) is 0 Å². The van der Waals surface area contributed by atoms with E-state index in [1.165, 1.54) is 34.8 Å². The van der Waals surface area contributed by atoms with Crippen molar-refractivity contribution in [3.05, 3.63) is 77.9 Å². The standard InChI is InChI=1S/C20H15F2N5O2/c21-15-5-1-3-13(11-15)19-25-24-17-7-8-18(26-27(17)19)29-10-9-23-20(28)14-4-2-6-16(22)12-14/h1-8,11-12H,9-10H2,(H,23,28). The minimum atomic E-state index is -0.477. The maximum absolute atomic E-state index is 13.5. The van der Waals surface area contributed by atoms with E-state index in [0.29, 0.717) is 17.0 Å². The molecule has 1 N–H and O–H groups in total. The molecule has 4 aromatic rings. The van der Waals surface area contributed by atoms with Gasteiger partial charge < -0.3 is 10.1 Å². The maximum atomic E-state index is 13.5. The fraction of sp³-hybridized carbons (Fsp3) is 0.100. The average Bonchev–Trinajstić information content (AvgIpc) is 3.14.